The molecule has 6 nitrogen and oxygen atoms in total. The van der Waals surface area contributed by atoms with Crippen molar-refractivity contribution in [2.45, 2.75) is 39.5 Å². The molecule has 0 N–H and O–H groups in total. The molecule has 0 aromatic heterocycles. The van der Waals surface area contributed by atoms with Gasteiger partial charge in [0.05, 0.1) is 40.3 Å². The lowest BCUT2D eigenvalue weighted by Gasteiger charge is -2.25. The van der Waals surface area contributed by atoms with Crippen molar-refractivity contribution in [3.05, 3.63) is 59.7 Å². The molecule has 168 valence electrons. The highest BCUT2D eigenvalue weighted by Crippen LogP contribution is 2.28. The third-order valence-electron chi connectivity index (χ3n) is 4.82. The molecule has 31 heavy (non-hydrogen) atoms. The number of benzene rings is 2. The van der Waals surface area contributed by atoms with Crippen molar-refractivity contribution in [1.29, 1.82) is 0 Å². The summed E-state index contributed by atoms with van der Waals surface area (Å²) in [6.45, 7) is 5.10. The van der Waals surface area contributed by atoms with E-state index in [9.17, 15) is 9.59 Å². The van der Waals surface area contributed by atoms with Gasteiger partial charge in [0.2, 0.25) is 0 Å². The fourth-order valence-corrected chi connectivity index (χ4v) is 3.28. The largest absolute Gasteiger partial charge is 0.493 e. The first-order chi connectivity index (χ1) is 14.8. The van der Waals surface area contributed by atoms with Crippen molar-refractivity contribution in [1.82, 2.24) is 0 Å². The van der Waals surface area contributed by atoms with Crippen molar-refractivity contribution in [2.75, 3.05) is 27.4 Å². The van der Waals surface area contributed by atoms with E-state index in [1.165, 1.54) is 25.3 Å². The minimum absolute atomic E-state index is 0.0700. The fraction of sp³-hybridized carbons (Fsp3) is 0.440. The molecule has 0 bridgehead atoms. The number of ether oxygens (including phenoxy) is 4. The number of esters is 2. The Balaban J connectivity index is 1.82. The molecule has 2 aromatic carbocycles. The molecule has 0 amide bonds. The third-order valence-corrected chi connectivity index (χ3v) is 4.82. The smallest absolute Gasteiger partial charge is 0.308 e. The summed E-state index contributed by atoms with van der Waals surface area (Å²) in [5, 5.41) is 0. The molecule has 0 aliphatic carbocycles. The fourth-order valence-electron chi connectivity index (χ4n) is 3.28. The van der Waals surface area contributed by atoms with Crippen LogP contribution in [-0.4, -0.2) is 39.4 Å². The molecular weight excluding hydrogens is 396 g/mol. The van der Waals surface area contributed by atoms with Gasteiger partial charge in [-0.25, -0.2) is 0 Å². The summed E-state index contributed by atoms with van der Waals surface area (Å²) in [7, 11) is 2.74. The van der Waals surface area contributed by atoms with Gasteiger partial charge in [0, 0.05) is 0 Å². The summed E-state index contributed by atoms with van der Waals surface area (Å²) >= 11 is 0. The normalized spacial score (nSPS) is 11.0. The van der Waals surface area contributed by atoms with Crippen LogP contribution in [0.4, 0.5) is 0 Å². The maximum Gasteiger partial charge on any atom is 0.308 e. The topological polar surface area (TPSA) is 71.1 Å². The van der Waals surface area contributed by atoms with Gasteiger partial charge in [-0.3, -0.25) is 9.59 Å². The van der Waals surface area contributed by atoms with Gasteiger partial charge in [-0.05, 0) is 53.6 Å². The Labute approximate surface area is 184 Å². The van der Waals surface area contributed by atoms with E-state index in [1.807, 2.05) is 24.3 Å². The Morgan fingerprint density at radius 1 is 0.677 bits per heavy atom. The van der Waals surface area contributed by atoms with Gasteiger partial charge in [-0.15, -0.1) is 0 Å². The maximum absolute atomic E-state index is 11.1. The van der Waals surface area contributed by atoms with Crippen molar-refractivity contribution < 1.29 is 28.5 Å². The molecule has 0 aliphatic heterocycles. The minimum atomic E-state index is -0.279. The highest BCUT2D eigenvalue weighted by molar-refractivity contribution is 5.69. The highest BCUT2D eigenvalue weighted by Gasteiger charge is 2.19. The summed E-state index contributed by atoms with van der Waals surface area (Å²) in [4.78, 5) is 22.3. The van der Waals surface area contributed by atoms with Crippen LogP contribution in [0.2, 0.25) is 0 Å². The Bertz CT molecular complexity index is 755. The molecule has 2 aromatic rings. The molecule has 2 rings (SSSR count). The van der Waals surface area contributed by atoms with Crippen LogP contribution in [0.15, 0.2) is 48.5 Å². The SMILES string of the molecule is COC(=O)CCOc1ccc(CC(C)(C)Cc2ccc(OCCC(=O)OC)cc2)cc1. The van der Waals surface area contributed by atoms with Crippen LogP contribution in [0.1, 0.15) is 37.8 Å². The zero-order chi connectivity index (χ0) is 22.7. The molecule has 0 unspecified atom stereocenters. The van der Waals surface area contributed by atoms with Crippen LogP contribution < -0.4 is 9.47 Å². The van der Waals surface area contributed by atoms with Crippen LogP contribution in [0.5, 0.6) is 11.5 Å². The van der Waals surface area contributed by atoms with Crippen molar-refractivity contribution in [3.8, 4) is 11.5 Å². The Morgan fingerprint density at radius 3 is 1.35 bits per heavy atom. The second kappa shape index (κ2) is 12.0. The molecule has 0 radical (unpaired) electrons. The van der Waals surface area contributed by atoms with E-state index in [1.54, 1.807) is 0 Å². The molecule has 0 aliphatic rings. The van der Waals surface area contributed by atoms with E-state index in [0.29, 0.717) is 13.2 Å². The van der Waals surface area contributed by atoms with E-state index < -0.39 is 0 Å². The Kier molecular flexibility index (Phi) is 9.38. The molecule has 0 saturated heterocycles. The van der Waals surface area contributed by atoms with E-state index in [-0.39, 0.29) is 30.2 Å². The first-order valence-electron chi connectivity index (χ1n) is 10.4. The zero-order valence-electron chi connectivity index (χ0n) is 18.8. The van der Waals surface area contributed by atoms with Gasteiger partial charge >= 0.3 is 11.9 Å². The summed E-state index contributed by atoms with van der Waals surface area (Å²) < 4.78 is 20.4. The third kappa shape index (κ3) is 9.11. The average Bonchev–Trinajstić information content (AvgIpc) is 2.75. The Morgan fingerprint density at radius 2 is 1.03 bits per heavy atom. The van der Waals surface area contributed by atoms with Crippen LogP contribution in [-0.2, 0) is 31.9 Å². The standard InChI is InChI=1S/C25H32O6/c1-25(2,17-19-5-9-21(10-6-19)30-15-13-23(26)28-3)18-20-7-11-22(12-8-20)31-16-14-24(27)29-4/h5-12H,13-18H2,1-4H3. The lowest BCUT2D eigenvalue weighted by atomic mass is 9.80. The second-order valence-corrected chi connectivity index (χ2v) is 8.15. The lowest BCUT2D eigenvalue weighted by Crippen LogP contribution is -2.18. The molecule has 0 saturated carbocycles. The van der Waals surface area contributed by atoms with Gasteiger partial charge < -0.3 is 18.9 Å². The van der Waals surface area contributed by atoms with E-state index in [4.69, 9.17) is 9.47 Å². The molecule has 0 spiro atoms. The summed E-state index contributed by atoms with van der Waals surface area (Å²) in [6.07, 6.45) is 2.32. The highest BCUT2D eigenvalue weighted by atomic mass is 16.5. The molecule has 0 atom stereocenters. The van der Waals surface area contributed by atoms with Gasteiger partial charge in [0.25, 0.3) is 0 Å². The first-order valence-corrected chi connectivity index (χ1v) is 10.4. The van der Waals surface area contributed by atoms with Gasteiger partial charge in [-0.1, -0.05) is 38.1 Å². The second-order valence-electron chi connectivity index (χ2n) is 8.15. The predicted molar refractivity (Wildman–Crippen MR) is 118 cm³/mol. The quantitative estimate of drug-likeness (QED) is 0.467. The van der Waals surface area contributed by atoms with Crippen molar-refractivity contribution in [3.63, 3.8) is 0 Å². The summed E-state index contributed by atoms with van der Waals surface area (Å²) in [5.41, 5.74) is 2.53. The monoisotopic (exact) mass is 428 g/mol. The van der Waals surface area contributed by atoms with Crippen molar-refractivity contribution >= 4 is 11.9 Å². The Hall–Kier alpha value is -3.02. The van der Waals surface area contributed by atoms with E-state index >= 15 is 0 Å². The zero-order valence-corrected chi connectivity index (χ0v) is 18.8. The predicted octanol–water partition coefficient (Wildman–Crippen LogP) is 4.38. The minimum Gasteiger partial charge on any atom is -0.493 e. The lowest BCUT2D eigenvalue weighted by molar-refractivity contribution is -0.142. The maximum atomic E-state index is 11.1. The van der Waals surface area contributed by atoms with Gasteiger partial charge in [0.1, 0.15) is 11.5 Å². The number of carbonyl (C=O) groups is 2. The van der Waals surface area contributed by atoms with Crippen LogP contribution in [0.25, 0.3) is 0 Å². The average molecular weight is 429 g/mol. The number of rotatable bonds is 12. The van der Waals surface area contributed by atoms with Crippen LogP contribution >= 0.6 is 0 Å². The summed E-state index contributed by atoms with van der Waals surface area (Å²) in [6, 6.07) is 16.0. The van der Waals surface area contributed by atoms with Crippen LogP contribution in [0, 0.1) is 5.41 Å². The molecule has 0 heterocycles. The number of hydrogen-bond acceptors (Lipinski definition) is 6. The summed E-state index contributed by atoms with van der Waals surface area (Å²) in [5.74, 6) is 0.930. The number of carbonyl (C=O) groups excluding carboxylic acids is 2. The van der Waals surface area contributed by atoms with E-state index in [0.717, 1.165) is 24.3 Å². The molecular formula is C25H32O6. The van der Waals surface area contributed by atoms with Gasteiger partial charge in [0.15, 0.2) is 0 Å². The number of hydrogen-bond donors (Lipinski definition) is 0. The van der Waals surface area contributed by atoms with E-state index in [2.05, 4.69) is 47.6 Å². The van der Waals surface area contributed by atoms with Crippen LogP contribution in [0.3, 0.4) is 0 Å². The number of methoxy groups -OCH3 is 2. The first kappa shape index (κ1) is 24.3. The van der Waals surface area contributed by atoms with Crippen molar-refractivity contribution in [2.24, 2.45) is 5.41 Å². The molecule has 6 heteroatoms. The molecule has 0 fully saturated rings. The van der Waals surface area contributed by atoms with Gasteiger partial charge in [-0.2, -0.15) is 0 Å².